The van der Waals surface area contributed by atoms with Crippen molar-refractivity contribution in [1.82, 2.24) is 5.16 Å². The number of nitrogens with zero attached hydrogens (tertiary/aromatic N) is 1. The van der Waals surface area contributed by atoms with E-state index in [9.17, 15) is 9.59 Å². The van der Waals surface area contributed by atoms with Crippen LogP contribution in [0, 0.1) is 13.8 Å². The zero-order chi connectivity index (χ0) is 20.4. The molecule has 28 heavy (non-hydrogen) atoms. The lowest BCUT2D eigenvalue weighted by Crippen LogP contribution is -2.15. The Kier molecular flexibility index (Phi) is 6.07. The molecule has 0 saturated carbocycles. The van der Waals surface area contributed by atoms with Crippen molar-refractivity contribution < 1.29 is 18.8 Å². The van der Waals surface area contributed by atoms with Crippen molar-refractivity contribution in [2.75, 3.05) is 11.9 Å². The molecule has 2 aromatic heterocycles. The molecule has 1 aromatic carbocycles. The number of ether oxygens (including phenoxy) is 1. The fourth-order valence-corrected chi connectivity index (χ4v) is 3.84. The van der Waals surface area contributed by atoms with E-state index < -0.39 is 11.9 Å². The van der Waals surface area contributed by atoms with E-state index in [2.05, 4.69) is 10.5 Å². The van der Waals surface area contributed by atoms with Gasteiger partial charge in [0.05, 0.1) is 22.2 Å². The van der Waals surface area contributed by atoms with Crippen LogP contribution in [0.4, 0.5) is 5.00 Å². The highest BCUT2D eigenvalue weighted by molar-refractivity contribution is 7.16. The SMILES string of the molecule is CCOC(=O)c1c(NC(=O)c2cc(-c3ccc(Cl)c(Cl)c3)on2)sc(C)c1C. The quantitative estimate of drug-likeness (QED) is 0.512. The molecule has 0 bridgehead atoms. The van der Waals surface area contributed by atoms with E-state index >= 15 is 0 Å². The van der Waals surface area contributed by atoms with Gasteiger partial charge in [0.15, 0.2) is 11.5 Å². The first kappa shape index (κ1) is 20.4. The molecule has 1 amide bonds. The number of halogens is 2. The highest BCUT2D eigenvalue weighted by atomic mass is 35.5. The molecular formula is C19H16Cl2N2O4S. The summed E-state index contributed by atoms with van der Waals surface area (Å²) in [7, 11) is 0. The normalized spacial score (nSPS) is 10.8. The minimum atomic E-state index is -0.498. The van der Waals surface area contributed by atoms with Gasteiger partial charge in [0, 0.05) is 16.5 Å². The predicted molar refractivity (Wildman–Crippen MR) is 110 cm³/mol. The molecule has 0 aliphatic carbocycles. The van der Waals surface area contributed by atoms with Crippen molar-refractivity contribution in [3.05, 3.63) is 56.0 Å². The molecule has 0 atom stereocenters. The molecule has 0 aliphatic heterocycles. The van der Waals surface area contributed by atoms with E-state index in [4.69, 9.17) is 32.5 Å². The molecule has 3 aromatic rings. The van der Waals surface area contributed by atoms with Crippen LogP contribution in [0.2, 0.25) is 10.0 Å². The summed E-state index contributed by atoms with van der Waals surface area (Å²) in [6, 6.07) is 6.45. The first-order chi connectivity index (χ1) is 13.3. The number of amides is 1. The Labute approximate surface area is 175 Å². The first-order valence-electron chi connectivity index (χ1n) is 8.32. The molecule has 0 fully saturated rings. The zero-order valence-corrected chi connectivity index (χ0v) is 17.6. The van der Waals surface area contributed by atoms with E-state index in [-0.39, 0.29) is 12.3 Å². The van der Waals surface area contributed by atoms with E-state index in [0.717, 1.165) is 10.4 Å². The van der Waals surface area contributed by atoms with Gasteiger partial charge in [-0.05, 0) is 44.5 Å². The van der Waals surface area contributed by atoms with Crippen LogP contribution >= 0.6 is 34.5 Å². The molecule has 1 N–H and O–H groups in total. The maximum Gasteiger partial charge on any atom is 0.341 e. The average Bonchev–Trinajstić information content (AvgIpc) is 3.23. The van der Waals surface area contributed by atoms with E-state index in [1.165, 1.54) is 17.4 Å². The number of rotatable bonds is 5. The Bertz CT molecular complexity index is 1060. The lowest BCUT2D eigenvalue weighted by molar-refractivity contribution is 0.0527. The van der Waals surface area contributed by atoms with Crippen LogP contribution in [0.3, 0.4) is 0 Å². The summed E-state index contributed by atoms with van der Waals surface area (Å²) >= 11 is 13.2. The number of carbonyl (C=O) groups is 2. The molecule has 0 saturated heterocycles. The molecule has 9 heteroatoms. The molecule has 0 radical (unpaired) electrons. The minimum Gasteiger partial charge on any atom is -0.462 e. The summed E-state index contributed by atoms with van der Waals surface area (Å²) in [5, 5.41) is 7.72. The minimum absolute atomic E-state index is 0.0691. The predicted octanol–water partition coefficient (Wildman–Crippen LogP) is 5.76. The number of carbonyl (C=O) groups excluding carboxylic acids is 2. The van der Waals surface area contributed by atoms with Gasteiger partial charge in [-0.1, -0.05) is 28.4 Å². The molecule has 0 unspecified atom stereocenters. The molecule has 146 valence electrons. The van der Waals surface area contributed by atoms with Crippen LogP contribution in [-0.4, -0.2) is 23.6 Å². The second kappa shape index (κ2) is 8.34. The second-order valence-corrected chi connectivity index (χ2v) is 7.91. The molecular weight excluding hydrogens is 423 g/mol. The van der Waals surface area contributed by atoms with Crippen LogP contribution in [-0.2, 0) is 4.74 Å². The number of benzene rings is 1. The highest BCUT2D eigenvalue weighted by Crippen LogP contribution is 2.34. The van der Waals surface area contributed by atoms with Crippen LogP contribution < -0.4 is 5.32 Å². The topological polar surface area (TPSA) is 81.4 Å². The third-order valence-corrected chi connectivity index (χ3v) is 5.90. The average molecular weight is 439 g/mol. The van der Waals surface area contributed by atoms with Gasteiger partial charge in [-0.3, -0.25) is 4.79 Å². The summed E-state index contributed by atoms with van der Waals surface area (Å²) in [5.41, 5.74) is 1.83. The molecule has 6 nitrogen and oxygen atoms in total. The lowest BCUT2D eigenvalue weighted by Gasteiger charge is -2.05. The standard InChI is InChI=1S/C19H16Cl2N2O4S/c1-4-26-19(25)16-9(2)10(3)28-18(16)22-17(24)14-8-15(27-23-14)11-5-6-12(20)13(21)7-11/h5-8H,4H2,1-3H3,(H,22,24). The van der Waals surface area contributed by atoms with Crippen LogP contribution in [0.15, 0.2) is 28.8 Å². The summed E-state index contributed by atoms with van der Waals surface area (Å²) in [6.07, 6.45) is 0. The largest absolute Gasteiger partial charge is 0.462 e. The second-order valence-electron chi connectivity index (χ2n) is 5.87. The van der Waals surface area contributed by atoms with E-state index in [0.29, 0.717) is 31.9 Å². The first-order valence-corrected chi connectivity index (χ1v) is 9.89. The summed E-state index contributed by atoms with van der Waals surface area (Å²) in [4.78, 5) is 25.8. The zero-order valence-electron chi connectivity index (χ0n) is 15.3. The lowest BCUT2D eigenvalue weighted by atomic mass is 10.1. The summed E-state index contributed by atoms with van der Waals surface area (Å²) < 4.78 is 10.3. The molecule has 0 spiro atoms. The van der Waals surface area contributed by atoms with E-state index in [1.807, 2.05) is 13.8 Å². The Balaban J connectivity index is 1.85. The summed E-state index contributed by atoms with van der Waals surface area (Å²) in [6.45, 7) is 5.66. The van der Waals surface area contributed by atoms with Gasteiger partial charge in [0.25, 0.3) is 5.91 Å². The Morgan fingerprint density at radius 3 is 2.64 bits per heavy atom. The van der Waals surface area contributed by atoms with Gasteiger partial charge >= 0.3 is 5.97 Å². The number of hydrogen-bond acceptors (Lipinski definition) is 6. The van der Waals surface area contributed by atoms with Crippen molar-refractivity contribution in [1.29, 1.82) is 0 Å². The number of aryl methyl sites for hydroxylation is 1. The molecule has 3 rings (SSSR count). The van der Waals surface area contributed by atoms with E-state index in [1.54, 1.807) is 25.1 Å². The monoisotopic (exact) mass is 438 g/mol. The van der Waals surface area contributed by atoms with Crippen molar-refractivity contribution >= 4 is 51.4 Å². The number of thiophene rings is 1. The van der Waals surface area contributed by atoms with Crippen LogP contribution in [0.5, 0.6) is 0 Å². The van der Waals surface area contributed by atoms with Gasteiger partial charge < -0.3 is 14.6 Å². The van der Waals surface area contributed by atoms with Crippen molar-refractivity contribution in [2.24, 2.45) is 0 Å². The Hall–Kier alpha value is -2.35. The number of hydrogen-bond donors (Lipinski definition) is 1. The molecule has 0 aliphatic rings. The van der Waals surface area contributed by atoms with Crippen molar-refractivity contribution in [3.63, 3.8) is 0 Å². The fourth-order valence-electron chi connectivity index (χ4n) is 2.50. The van der Waals surface area contributed by atoms with Crippen LogP contribution in [0.1, 0.15) is 38.2 Å². The summed E-state index contributed by atoms with van der Waals surface area (Å²) in [5.74, 6) is -0.606. The third-order valence-electron chi connectivity index (χ3n) is 4.04. The van der Waals surface area contributed by atoms with Crippen molar-refractivity contribution in [2.45, 2.75) is 20.8 Å². The van der Waals surface area contributed by atoms with Gasteiger partial charge in [-0.25, -0.2) is 4.79 Å². The number of nitrogens with one attached hydrogen (secondary N) is 1. The van der Waals surface area contributed by atoms with Gasteiger partial charge in [0.1, 0.15) is 5.00 Å². The molecule has 2 heterocycles. The van der Waals surface area contributed by atoms with Gasteiger partial charge in [-0.15, -0.1) is 11.3 Å². The van der Waals surface area contributed by atoms with Gasteiger partial charge in [0.2, 0.25) is 0 Å². The van der Waals surface area contributed by atoms with Crippen molar-refractivity contribution in [3.8, 4) is 11.3 Å². The fraction of sp³-hybridized carbons (Fsp3) is 0.211. The third kappa shape index (κ3) is 4.06. The maximum absolute atomic E-state index is 12.6. The Morgan fingerprint density at radius 1 is 1.21 bits per heavy atom. The van der Waals surface area contributed by atoms with Gasteiger partial charge in [-0.2, -0.15) is 0 Å². The Morgan fingerprint density at radius 2 is 1.96 bits per heavy atom. The number of esters is 1. The number of anilines is 1. The highest BCUT2D eigenvalue weighted by Gasteiger charge is 2.23. The van der Waals surface area contributed by atoms with Crippen LogP contribution in [0.25, 0.3) is 11.3 Å². The smallest absolute Gasteiger partial charge is 0.341 e. The maximum atomic E-state index is 12.6. The number of aromatic nitrogens is 1.